The predicted octanol–water partition coefficient (Wildman–Crippen LogP) is 4.58. The van der Waals surface area contributed by atoms with Crippen LogP contribution in [0.1, 0.15) is 5.56 Å². The molecule has 3 rings (SSSR count). The van der Waals surface area contributed by atoms with Crippen molar-refractivity contribution in [2.75, 3.05) is 0 Å². The van der Waals surface area contributed by atoms with E-state index in [0.717, 1.165) is 26.7 Å². The quantitative estimate of drug-likeness (QED) is 0.706. The van der Waals surface area contributed by atoms with Crippen molar-refractivity contribution in [1.29, 1.82) is 0 Å². The Labute approximate surface area is 120 Å². The Morgan fingerprint density at radius 1 is 1.00 bits per heavy atom. The molecule has 0 N–H and O–H groups in total. The minimum absolute atomic E-state index is 0.549. The predicted molar refractivity (Wildman–Crippen MR) is 80.2 cm³/mol. The largest absolute Gasteiger partial charge is 0.488 e. The van der Waals surface area contributed by atoms with Gasteiger partial charge in [0.05, 0.1) is 9.99 Å². The summed E-state index contributed by atoms with van der Waals surface area (Å²) in [6, 6.07) is 18.0. The molecule has 0 saturated heterocycles. The highest BCUT2D eigenvalue weighted by molar-refractivity contribution is 9.10. The molecule has 0 aliphatic heterocycles. The standard InChI is InChI=1S/C16H12BrNO/c17-14-5-1-2-6-16(14)19-11-12-7-8-15-13(10-12)4-3-9-18-15/h1-10H,11H2. The number of rotatable bonds is 3. The van der Waals surface area contributed by atoms with E-state index >= 15 is 0 Å². The number of benzene rings is 2. The molecule has 1 heterocycles. The second-order valence-corrected chi connectivity index (χ2v) is 5.10. The molecule has 2 nitrogen and oxygen atoms in total. The molecule has 2 aromatic carbocycles. The number of nitrogens with zero attached hydrogens (tertiary/aromatic N) is 1. The fourth-order valence-corrected chi connectivity index (χ4v) is 2.34. The number of hydrogen-bond donors (Lipinski definition) is 0. The maximum atomic E-state index is 5.80. The van der Waals surface area contributed by atoms with Gasteiger partial charge >= 0.3 is 0 Å². The third-order valence-electron chi connectivity index (χ3n) is 2.90. The lowest BCUT2D eigenvalue weighted by atomic mass is 10.1. The molecule has 1 aromatic heterocycles. The number of hydrogen-bond acceptors (Lipinski definition) is 2. The molecular formula is C16H12BrNO. The third kappa shape index (κ3) is 2.76. The fourth-order valence-electron chi connectivity index (χ4n) is 1.94. The number of para-hydroxylation sites is 1. The summed E-state index contributed by atoms with van der Waals surface area (Å²) in [4.78, 5) is 4.31. The minimum Gasteiger partial charge on any atom is -0.488 e. The van der Waals surface area contributed by atoms with Crippen molar-refractivity contribution >= 4 is 26.8 Å². The van der Waals surface area contributed by atoms with Gasteiger partial charge in [-0.25, -0.2) is 0 Å². The first-order valence-electron chi connectivity index (χ1n) is 6.04. The zero-order chi connectivity index (χ0) is 13.1. The van der Waals surface area contributed by atoms with Crippen LogP contribution in [0, 0.1) is 0 Å². The van der Waals surface area contributed by atoms with Gasteiger partial charge in [0, 0.05) is 11.6 Å². The lowest BCUT2D eigenvalue weighted by Gasteiger charge is -2.08. The first kappa shape index (κ1) is 12.2. The Morgan fingerprint density at radius 2 is 1.89 bits per heavy atom. The van der Waals surface area contributed by atoms with Crippen LogP contribution in [0.5, 0.6) is 5.75 Å². The van der Waals surface area contributed by atoms with Crippen LogP contribution >= 0.6 is 15.9 Å². The van der Waals surface area contributed by atoms with Crippen LogP contribution in [0.2, 0.25) is 0 Å². The molecule has 0 aliphatic carbocycles. The smallest absolute Gasteiger partial charge is 0.133 e. The molecular weight excluding hydrogens is 302 g/mol. The minimum atomic E-state index is 0.549. The van der Waals surface area contributed by atoms with E-state index in [2.05, 4.69) is 33.0 Å². The van der Waals surface area contributed by atoms with E-state index in [1.54, 1.807) is 6.20 Å². The second-order valence-electron chi connectivity index (χ2n) is 4.25. The van der Waals surface area contributed by atoms with Crippen LogP contribution in [0.25, 0.3) is 10.9 Å². The Kier molecular flexibility index (Phi) is 3.47. The molecule has 19 heavy (non-hydrogen) atoms. The SMILES string of the molecule is Brc1ccccc1OCc1ccc2ncccc2c1. The van der Waals surface area contributed by atoms with Crippen LogP contribution in [0.3, 0.4) is 0 Å². The highest BCUT2D eigenvalue weighted by atomic mass is 79.9. The summed E-state index contributed by atoms with van der Waals surface area (Å²) in [7, 11) is 0. The van der Waals surface area contributed by atoms with E-state index in [1.807, 2.05) is 42.5 Å². The summed E-state index contributed by atoms with van der Waals surface area (Å²) in [5.74, 6) is 0.855. The molecule has 3 heteroatoms. The molecule has 0 radical (unpaired) electrons. The summed E-state index contributed by atoms with van der Waals surface area (Å²) in [5.41, 5.74) is 2.14. The number of aromatic nitrogens is 1. The van der Waals surface area contributed by atoms with Gasteiger partial charge in [-0.05, 0) is 51.8 Å². The molecule has 0 spiro atoms. The van der Waals surface area contributed by atoms with Crippen molar-refractivity contribution in [3.8, 4) is 5.75 Å². The molecule has 0 saturated carbocycles. The molecule has 0 bridgehead atoms. The van der Waals surface area contributed by atoms with E-state index < -0.39 is 0 Å². The average molecular weight is 314 g/mol. The average Bonchev–Trinajstić information content (AvgIpc) is 2.46. The number of halogens is 1. The van der Waals surface area contributed by atoms with Crippen LogP contribution in [0.4, 0.5) is 0 Å². The summed E-state index contributed by atoms with van der Waals surface area (Å²) in [5, 5.41) is 1.13. The molecule has 0 fully saturated rings. The Morgan fingerprint density at radius 3 is 2.79 bits per heavy atom. The highest BCUT2D eigenvalue weighted by Gasteiger charge is 2.01. The topological polar surface area (TPSA) is 22.1 Å². The van der Waals surface area contributed by atoms with E-state index in [9.17, 15) is 0 Å². The Bertz CT molecular complexity index is 712. The van der Waals surface area contributed by atoms with Crippen LogP contribution in [0.15, 0.2) is 65.3 Å². The summed E-state index contributed by atoms with van der Waals surface area (Å²) < 4.78 is 6.77. The normalized spacial score (nSPS) is 10.6. The van der Waals surface area contributed by atoms with Gasteiger partial charge in [0.1, 0.15) is 12.4 Å². The van der Waals surface area contributed by atoms with Crippen molar-refractivity contribution in [3.63, 3.8) is 0 Å². The molecule has 3 aromatic rings. The third-order valence-corrected chi connectivity index (χ3v) is 3.55. The van der Waals surface area contributed by atoms with Crippen molar-refractivity contribution in [2.45, 2.75) is 6.61 Å². The van der Waals surface area contributed by atoms with Gasteiger partial charge in [-0.1, -0.05) is 24.3 Å². The van der Waals surface area contributed by atoms with Crippen LogP contribution < -0.4 is 4.74 Å². The second kappa shape index (κ2) is 5.41. The van der Waals surface area contributed by atoms with E-state index in [4.69, 9.17) is 4.74 Å². The maximum Gasteiger partial charge on any atom is 0.133 e. The summed E-state index contributed by atoms with van der Waals surface area (Å²) in [6.45, 7) is 0.549. The van der Waals surface area contributed by atoms with Crippen molar-refractivity contribution in [3.05, 3.63) is 70.8 Å². The van der Waals surface area contributed by atoms with Crippen molar-refractivity contribution in [1.82, 2.24) is 4.98 Å². The van der Waals surface area contributed by atoms with Gasteiger partial charge in [-0.2, -0.15) is 0 Å². The first-order chi connectivity index (χ1) is 9.33. The van der Waals surface area contributed by atoms with Gasteiger partial charge in [-0.3, -0.25) is 4.98 Å². The molecule has 94 valence electrons. The van der Waals surface area contributed by atoms with Gasteiger partial charge in [-0.15, -0.1) is 0 Å². The highest BCUT2D eigenvalue weighted by Crippen LogP contribution is 2.25. The van der Waals surface area contributed by atoms with E-state index in [-0.39, 0.29) is 0 Å². The van der Waals surface area contributed by atoms with Gasteiger partial charge < -0.3 is 4.74 Å². The number of ether oxygens (including phenoxy) is 1. The lowest BCUT2D eigenvalue weighted by molar-refractivity contribution is 0.304. The zero-order valence-corrected chi connectivity index (χ0v) is 11.8. The van der Waals surface area contributed by atoms with Gasteiger partial charge in [0.2, 0.25) is 0 Å². The van der Waals surface area contributed by atoms with Crippen LogP contribution in [-0.4, -0.2) is 4.98 Å². The van der Waals surface area contributed by atoms with E-state index in [0.29, 0.717) is 6.61 Å². The first-order valence-corrected chi connectivity index (χ1v) is 6.83. The molecule has 0 amide bonds. The monoisotopic (exact) mass is 313 g/mol. The van der Waals surface area contributed by atoms with Crippen molar-refractivity contribution < 1.29 is 4.74 Å². The Hall–Kier alpha value is -1.87. The van der Waals surface area contributed by atoms with Crippen LogP contribution in [-0.2, 0) is 6.61 Å². The Balaban J connectivity index is 1.80. The number of pyridine rings is 1. The van der Waals surface area contributed by atoms with E-state index in [1.165, 1.54) is 0 Å². The lowest BCUT2D eigenvalue weighted by Crippen LogP contribution is -1.96. The zero-order valence-electron chi connectivity index (χ0n) is 10.2. The molecule has 0 atom stereocenters. The molecule has 0 aliphatic rings. The van der Waals surface area contributed by atoms with Gasteiger partial charge in [0.25, 0.3) is 0 Å². The summed E-state index contributed by atoms with van der Waals surface area (Å²) in [6.07, 6.45) is 1.81. The fraction of sp³-hybridized carbons (Fsp3) is 0.0625. The molecule has 0 unspecified atom stereocenters. The summed E-state index contributed by atoms with van der Waals surface area (Å²) >= 11 is 3.47. The number of fused-ring (bicyclic) bond motifs is 1. The maximum absolute atomic E-state index is 5.80. The van der Waals surface area contributed by atoms with Gasteiger partial charge in [0.15, 0.2) is 0 Å². The van der Waals surface area contributed by atoms with Crippen molar-refractivity contribution in [2.24, 2.45) is 0 Å².